The second-order valence-electron chi connectivity index (χ2n) is 6.10. The highest BCUT2D eigenvalue weighted by Crippen LogP contribution is 2.27. The minimum Gasteiger partial charge on any atom is -0.507 e. The number of halogens is 1. The lowest BCUT2D eigenvalue weighted by molar-refractivity contribution is 0.0950. The number of H-pyrrole nitrogens is 1. The van der Waals surface area contributed by atoms with Gasteiger partial charge in [0.2, 0.25) is 0 Å². The number of phenols is 1. The van der Waals surface area contributed by atoms with Gasteiger partial charge >= 0.3 is 0 Å². The first-order chi connectivity index (χ1) is 13.6. The molecule has 7 heteroatoms. The first-order valence-electron chi connectivity index (χ1n) is 8.47. The predicted molar refractivity (Wildman–Crippen MR) is 112 cm³/mol. The second-order valence-corrected chi connectivity index (χ2v) is 7.01. The van der Waals surface area contributed by atoms with Gasteiger partial charge in [0.1, 0.15) is 11.4 Å². The van der Waals surface area contributed by atoms with Crippen molar-refractivity contribution in [3.63, 3.8) is 0 Å². The highest BCUT2D eigenvalue weighted by atomic mass is 79.9. The van der Waals surface area contributed by atoms with Gasteiger partial charge in [0.25, 0.3) is 5.91 Å². The number of hydrogen-bond acceptors (Lipinski definition) is 4. The lowest BCUT2D eigenvalue weighted by atomic mass is 10.0. The van der Waals surface area contributed by atoms with Crippen molar-refractivity contribution in [2.75, 3.05) is 0 Å². The molecule has 0 aliphatic rings. The highest BCUT2D eigenvalue weighted by Gasteiger charge is 2.12. The number of carbonyl (C=O) groups is 1. The Hall–Kier alpha value is -3.45. The predicted octanol–water partition coefficient (Wildman–Crippen LogP) is 4.46. The summed E-state index contributed by atoms with van der Waals surface area (Å²) in [6.07, 6.45) is 1.37. The van der Waals surface area contributed by atoms with Gasteiger partial charge in [0.15, 0.2) is 0 Å². The summed E-state index contributed by atoms with van der Waals surface area (Å²) in [7, 11) is 0. The monoisotopic (exact) mass is 434 g/mol. The van der Waals surface area contributed by atoms with E-state index in [4.69, 9.17) is 0 Å². The first kappa shape index (κ1) is 17.9. The maximum atomic E-state index is 12.3. The van der Waals surface area contributed by atoms with Gasteiger partial charge in [-0.3, -0.25) is 9.89 Å². The van der Waals surface area contributed by atoms with Crippen LogP contribution >= 0.6 is 15.9 Å². The molecule has 0 unspecified atom stereocenters. The average molecular weight is 435 g/mol. The largest absolute Gasteiger partial charge is 0.507 e. The van der Waals surface area contributed by atoms with Gasteiger partial charge in [-0.2, -0.15) is 10.2 Å². The number of hydrazone groups is 1. The number of benzene rings is 3. The maximum absolute atomic E-state index is 12.3. The molecule has 1 amide bonds. The molecule has 0 bridgehead atoms. The molecule has 6 nitrogen and oxygen atoms in total. The number of aromatic hydroxyl groups is 1. The fourth-order valence-corrected chi connectivity index (χ4v) is 3.25. The summed E-state index contributed by atoms with van der Waals surface area (Å²) >= 11 is 3.32. The minimum atomic E-state index is -0.426. The first-order valence-corrected chi connectivity index (χ1v) is 9.26. The zero-order valence-corrected chi connectivity index (χ0v) is 16.1. The number of nitrogens with one attached hydrogen (secondary N) is 2. The molecule has 1 heterocycles. The summed E-state index contributed by atoms with van der Waals surface area (Å²) < 4.78 is 0.798. The third-order valence-electron chi connectivity index (χ3n) is 4.25. The molecule has 0 aliphatic carbocycles. The smallest absolute Gasteiger partial charge is 0.289 e. The zero-order valence-electron chi connectivity index (χ0n) is 14.6. The fraction of sp³-hybridized carbons (Fsp3) is 0. The molecule has 4 aromatic rings. The zero-order chi connectivity index (χ0) is 19.5. The van der Waals surface area contributed by atoms with Crippen LogP contribution in [0.15, 0.2) is 76.3 Å². The van der Waals surface area contributed by atoms with E-state index in [2.05, 4.69) is 36.7 Å². The molecule has 3 aromatic carbocycles. The summed E-state index contributed by atoms with van der Waals surface area (Å²) in [6.45, 7) is 0. The van der Waals surface area contributed by atoms with Gasteiger partial charge in [-0.1, -0.05) is 58.4 Å². The molecule has 28 heavy (non-hydrogen) atoms. The molecular weight excluding hydrogens is 420 g/mol. The van der Waals surface area contributed by atoms with E-state index in [1.54, 1.807) is 24.3 Å². The molecule has 0 saturated heterocycles. The van der Waals surface area contributed by atoms with Crippen LogP contribution in [0.5, 0.6) is 5.75 Å². The number of phenolic OH excluding ortho intramolecular Hbond substituents is 1. The van der Waals surface area contributed by atoms with E-state index in [-0.39, 0.29) is 5.75 Å². The van der Waals surface area contributed by atoms with Gasteiger partial charge in [0.05, 0.1) is 11.9 Å². The topological polar surface area (TPSA) is 90.4 Å². The van der Waals surface area contributed by atoms with Crippen LogP contribution < -0.4 is 5.43 Å². The van der Waals surface area contributed by atoms with E-state index < -0.39 is 5.91 Å². The van der Waals surface area contributed by atoms with Crippen LogP contribution in [-0.4, -0.2) is 27.4 Å². The van der Waals surface area contributed by atoms with Gasteiger partial charge in [-0.05, 0) is 35.0 Å². The molecule has 0 atom stereocenters. The normalized spacial score (nSPS) is 11.2. The Morgan fingerprint density at radius 2 is 1.93 bits per heavy atom. The van der Waals surface area contributed by atoms with E-state index in [0.29, 0.717) is 17.0 Å². The van der Waals surface area contributed by atoms with Crippen LogP contribution in [0.25, 0.3) is 22.0 Å². The summed E-state index contributed by atoms with van der Waals surface area (Å²) in [5.74, 6) is -0.356. The molecule has 4 rings (SSSR count). The molecule has 3 N–H and O–H groups in total. The Morgan fingerprint density at radius 3 is 2.82 bits per heavy atom. The molecule has 1 aromatic heterocycles. The van der Waals surface area contributed by atoms with E-state index in [9.17, 15) is 9.90 Å². The van der Waals surface area contributed by atoms with Crippen molar-refractivity contribution < 1.29 is 9.90 Å². The fourth-order valence-electron chi connectivity index (χ4n) is 2.87. The Bertz CT molecular complexity index is 1190. The standard InChI is InChI=1S/C21H15BrN4O2/c22-15-8-9-20(27)14(10-15)12-23-26-21(28)19-11-18(24-25-19)17-7-3-5-13-4-1-2-6-16(13)17/h1-12,27H,(H,24,25)(H,26,28)/b23-12+. The number of aromatic amines is 1. The van der Waals surface area contributed by atoms with Crippen molar-refractivity contribution in [3.05, 3.63) is 82.5 Å². The maximum Gasteiger partial charge on any atom is 0.289 e. The Labute approximate surface area is 169 Å². The van der Waals surface area contributed by atoms with Crippen LogP contribution in [0.1, 0.15) is 16.1 Å². The van der Waals surface area contributed by atoms with E-state index >= 15 is 0 Å². The van der Waals surface area contributed by atoms with Crippen molar-refractivity contribution in [3.8, 4) is 17.0 Å². The molecule has 0 saturated carbocycles. The average Bonchev–Trinajstić information content (AvgIpc) is 3.20. The number of fused-ring (bicyclic) bond motifs is 1. The van der Waals surface area contributed by atoms with Crippen molar-refractivity contribution in [1.82, 2.24) is 15.6 Å². The quantitative estimate of drug-likeness (QED) is 0.327. The van der Waals surface area contributed by atoms with Crippen LogP contribution in [0.2, 0.25) is 0 Å². The summed E-state index contributed by atoms with van der Waals surface area (Å²) in [5, 5.41) is 22.9. The van der Waals surface area contributed by atoms with Gasteiger partial charge in [-0.15, -0.1) is 0 Å². The second kappa shape index (κ2) is 7.66. The van der Waals surface area contributed by atoms with E-state index in [1.165, 1.54) is 6.21 Å². The number of rotatable bonds is 4. The van der Waals surface area contributed by atoms with Gasteiger partial charge in [-0.25, -0.2) is 5.43 Å². The lowest BCUT2D eigenvalue weighted by Gasteiger charge is -2.02. The number of nitrogens with zero attached hydrogens (tertiary/aromatic N) is 2. The molecule has 0 aliphatic heterocycles. The summed E-state index contributed by atoms with van der Waals surface area (Å²) in [6, 6.07) is 20.6. The number of amides is 1. The third kappa shape index (κ3) is 3.65. The van der Waals surface area contributed by atoms with Crippen LogP contribution in [0, 0.1) is 0 Å². The Morgan fingerprint density at radius 1 is 1.11 bits per heavy atom. The number of aromatic nitrogens is 2. The van der Waals surface area contributed by atoms with E-state index in [0.717, 1.165) is 20.8 Å². The summed E-state index contributed by atoms with van der Waals surface area (Å²) in [5.41, 5.74) is 4.82. The van der Waals surface area contributed by atoms with Gasteiger partial charge < -0.3 is 5.11 Å². The SMILES string of the molecule is O=C(N/N=C/c1cc(Br)ccc1O)c1cc(-c2cccc3ccccc23)n[nH]1. The number of hydrogen-bond donors (Lipinski definition) is 3. The summed E-state index contributed by atoms with van der Waals surface area (Å²) in [4.78, 5) is 12.3. The number of carbonyl (C=O) groups excluding carboxylic acids is 1. The lowest BCUT2D eigenvalue weighted by Crippen LogP contribution is -2.18. The van der Waals surface area contributed by atoms with Gasteiger partial charge in [0, 0.05) is 15.6 Å². The van der Waals surface area contributed by atoms with Crippen molar-refractivity contribution in [1.29, 1.82) is 0 Å². The van der Waals surface area contributed by atoms with Crippen molar-refractivity contribution >= 4 is 38.8 Å². The van der Waals surface area contributed by atoms with Crippen molar-refractivity contribution in [2.45, 2.75) is 0 Å². The molecule has 0 spiro atoms. The molecule has 0 radical (unpaired) electrons. The van der Waals surface area contributed by atoms with Crippen molar-refractivity contribution in [2.24, 2.45) is 5.10 Å². The molecule has 138 valence electrons. The highest BCUT2D eigenvalue weighted by molar-refractivity contribution is 9.10. The molecular formula is C21H15BrN4O2. The Balaban J connectivity index is 1.53. The van der Waals surface area contributed by atoms with Crippen LogP contribution in [-0.2, 0) is 0 Å². The minimum absolute atomic E-state index is 0.0704. The van der Waals surface area contributed by atoms with Crippen LogP contribution in [0.4, 0.5) is 0 Å². The Kier molecular flexibility index (Phi) is 4.90. The van der Waals surface area contributed by atoms with E-state index in [1.807, 2.05) is 42.5 Å². The van der Waals surface area contributed by atoms with Crippen LogP contribution in [0.3, 0.4) is 0 Å². The third-order valence-corrected chi connectivity index (χ3v) is 4.74. The molecule has 0 fully saturated rings.